The summed E-state index contributed by atoms with van der Waals surface area (Å²) in [6.07, 6.45) is 0. The Bertz CT molecular complexity index is 869. The Balaban J connectivity index is 2.23. The Hall–Kier alpha value is -0.753. The van der Waals surface area contributed by atoms with Gasteiger partial charge in [-0.1, -0.05) is 0 Å². The van der Waals surface area contributed by atoms with Crippen LogP contribution in [0.25, 0.3) is 22.5 Å². The van der Waals surface area contributed by atoms with Crippen molar-refractivity contribution in [3.63, 3.8) is 0 Å². The van der Waals surface area contributed by atoms with Gasteiger partial charge >= 0.3 is 161 Å². The van der Waals surface area contributed by atoms with Gasteiger partial charge in [-0.05, 0) is 0 Å². The molecule has 0 spiro atoms. The van der Waals surface area contributed by atoms with Gasteiger partial charge in [-0.3, -0.25) is 0 Å². The van der Waals surface area contributed by atoms with Crippen LogP contribution in [-0.2, 0) is 0 Å². The molecule has 0 amide bonds. The number of benzene rings is 2. The number of aromatic nitrogens is 2. The monoisotopic (exact) mass is 548 g/mol. The zero-order valence-corrected chi connectivity index (χ0v) is 21.9. The van der Waals surface area contributed by atoms with Gasteiger partial charge in [-0.25, -0.2) is 0 Å². The van der Waals surface area contributed by atoms with E-state index in [2.05, 4.69) is 93.2 Å². The van der Waals surface area contributed by atoms with Gasteiger partial charge in [0.25, 0.3) is 0 Å². The minimum atomic E-state index is -2.41. The van der Waals surface area contributed by atoms with Crippen molar-refractivity contribution in [2.75, 3.05) is 0 Å². The predicted molar refractivity (Wildman–Crippen MR) is 115 cm³/mol. The summed E-state index contributed by atoms with van der Waals surface area (Å²) in [7, 11) is 0. The van der Waals surface area contributed by atoms with Gasteiger partial charge in [0.2, 0.25) is 0 Å². The van der Waals surface area contributed by atoms with Crippen LogP contribution in [0.15, 0.2) is 60.7 Å². The summed E-state index contributed by atoms with van der Waals surface area (Å²) in [6, 6.07) is 21.9. The average molecular weight is 546 g/mol. The third kappa shape index (κ3) is 4.16. The molecule has 2 nitrogen and oxygen atoms in total. The van der Waals surface area contributed by atoms with E-state index in [9.17, 15) is 0 Å². The zero-order chi connectivity index (χ0) is 18.2. The summed E-state index contributed by atoms with van der Waals surface area (Å²) in [6.45, 7) is 0. The normalized spacial score (nSPS) is 12.4. The molecular weight excluding hydrogens is 518 g/mol. The molecule has 0 aliphatic carbocycles. The standard InChI is InChI=1S/C15H10N2.6CH3.2Sn/c1-3-7-12(8-4-1)14-11-15(17-16-14)13-9-5-2-6-10-13;;;;;;;;/h1-9,11H;6*1H3;;/q-1;;;;;;;;+1. The fourth-order valence-corrected chi connectivity index (χ4v) is 11.6. The summed E-state index contributed by atoms with van der Waals surface area (Å²) >= 11 is -4.61. The van der Waals surface area contributed by atoms with Gasteiger partial charge in [0.15, 0.2) is 0 Å². The van der Waals surface area contributed by atoms with Crippen LogP contribution in [0.5, 0.6) is 0 Å². The molecule has 25 heavy (non-hydrogen) atoms. The maximum absolute atomic E-state index is 5.15. The first-order valence-electron chi connectivity index (χ1n) is 8.94. The second-order valence-corrected chi connectivity index (χ2v) is 36.6. The third-order valence-corrected chi connectivity index (χ3v) is 14.9. The SMILES string of the molecule is [CH3][Sn]([CH3])([CH3])[c]1ccccc1-c1cc(-c2ccccc2)[n]([Sn]([CH3])([CH3])[CH3])n1. The van der Waals surface area contributed by atoms with Crippen molar-refractivity contribution in [2.45, 2.75) is 29.6 Å². The maximum atomic E-state index is 5.15. The molecule has 0 aliphatic rings. The van der Waals surface area contributed by atoms with Crippen LogP contribution in [0.1, 0.15) is 0 Å². The quantitative estimate of drug-likeness (QED) is 0.399. The number of hydrogen-bond donors (Lipinski definition) is 0. The molecule has 0 atom stereocenters. The van der Waals surface area contributed by atoms with E-state index in [0.717, 1.165) is 5.69 Å². The van der Waals surface area contributed by atoms with E-state index in [1.807, 2.05) is 0 Å². The number of nitrogens with zero attached hydrogens (tertiary/aromatic N) is 2. The molecule has 0 saturated heterocycles. The topological polar surface area (TPSA) is 17.8 Å². The van der Waals surface area contributed by atoms with E-state index in [1.54, 1.807) is 3.58 Å². The second-order valence-electron chi connectivity index (χ2n) is 8.66. The van der Waals surface area contributed by atoms with E-state index in [0.29, 0.717) is 0 Å². The molecule has 0 fully saturated rings. The molecule has 0 unspecified atom stereocenters. The van der Waals surface area contributed by atoms with E-state index in [-0.39, 0.29) is 0 Å². The van der Waals surface area contributed by atoms with Gasteiger partial charge in [-0.2, -0.15) is 0 Å². The molecule has 1 aromatic heterocycles. The molecule has 130 valence electrons. The van der Waals surface area contributed by atoms with Crippen molar-refractivity contribution in [3.05, 3.63) is 60.7 Å². The first-order chi connectivity index (χ1) is 11.7. The Morgan fingerprint density at radius 1 is 0.760 bits per heavy atom. The van der Waals surface area contributed by atoms with Crippen LogP contribution in [0.4, 0.5) is 0 Å². The average Bonchev–Trinajstić information content (AvgIpc) is 3.00. The molecule has 1 heterocycles. The van der Waals surface area contributed by atoms with Crippen LogP contribution in [0.3, 0.4) is 0 Å². The summed E-state index contributed by atoms with van der Waals surface area (Å²) in [5.41, 5.74) is 5.03. The first-order valence-corrected chi connectivity index (χ1v) is 28.8. The molecule has 0 bridgehead atoms. The van der Waals surface area contributed by atoms with Gasteiger partial charge in [0.1, 0.15) is 0 Å². The fraction of sp³-hybridized carbons (Fsp3) is 0.286. The van der Waals surface area contributed by atoms with Crippen LogP contribution in [0.2, 0.25) is 29.6 Å². The van der Waals surface area contributed by atoms with Crippen LogP contribution in [-0.4, -0.2) is 45.0 Å². The molecule has 2 aromatic carbocycles. The molecule has 0 N–H and O–H groups in total. The Labute approximate surface area is 160 Å². The summed E-state index contributed by atoms with van der Waals surface area (Å²) < 4.78 is 3.94. The minimum absolute atomic E-state index is 1.15. The van der Waals surface area contributed by atoms with E-state index in [4.69, 9.17) is 5.10 Å². The van der Waals surface area contributed by atoms with Gasteiger partial charge in [0, 0.05) is 0 Å². The molecule has 4 heteroatoms. The van der Waals surface area contributed by atoms with Crippen LogP contribution >= 0.6 is 0 Å². The van der Waals surface area contributed by atoms with Crippen molar-refractivity contribution in [1.29, 1.82) is 0 Å². The zero-order valence-electron chi connectivity index (χ0n) is 16.2. The fourth-order valence-electron chi connectivity index (χ4n) is 3.20. The van der Waals surface area contributed by atoms with E-state index in [1.165, 1.54) is 16.8 Å². The number of rotatable bonds is 4. The second kappa shape index (κ2) is 7.10. The Kier molecular flexibility index (Phi) is 5.40. The van der Waals surface area contributed by atoms with Gasteiger partial charge in [0.05, 0.1) is 0 Å². The number of hydrogen-bond acceptors (Lipinski definition) is 1. The van der Waals surface area contributed by atoms with Crippen molar-refractivity contribution in [1.82, 2.24) is 8.00 Å². The molecule has 0 saturated carbocycles. The third-order valence-electron chi connectivity index (χ3n) is 4.43. The summed E-state index contributed by atoms with van der Waals surface area (Å²) in [5.74, 6) is 0. The Morgan fingerprint density at radius 3 is 1.96 bits per heavy atom. The summed E-state index contributed by atoms with van der Waals surface area (Å²) in [4.78, 5) is 14.7. The van der Waals surface area contributed by atoms with Gasteiger partial charge < -0.3 is 0 Å². The molecule has 0 radical (unpaired) electrons. The summed E-state index contributed by atoms with van der Waals surface area (Å²) in [5, 5.41) is 5.15. The van der Waals surface area contributed by atoms with E-state index < -0.39 is 37.0 Å². The van der Waals surface area contributed by atoms with Crippen molar-refractivity contribution in [3.8, 4) is 22.5 Å². The molecule has 3 rings (SSSR count). The van der Waals surface area contributed by atoms with Crippen LogP contribution in [0, 0.1) is 0 Å². The van der Waals surface area contributed by atoms with Crippen molar-refractivity contribution in [2.24, 2.45) is 0 Å². The van der Waals surface area contributed by atoms with Crippen molar-refractivity contribution >= 4 is 40.6 Å². The Morgan fingerprint density at radius 2 is 1.36 bits per heavy atom. The predicted octanol–water partition coefficient (Wildman–Crippen LogP) is 5.45. The van der Waals surface area contributed by atoms with Gasteiger partial charge in [-0.15, -0.1) is 0 Å². The van der Waals surface area contributed by atoms with Crippen LogP contribution < -0.4 is 3.58 Å². The van der Waals surface area contributed by atoms with Crippen molar-refractivity contribution < 1.29 is 0 Å². The molecular formula is C21H28N2Sn2. The molecule has 3 aromatic rings. The first kappa shape index (κ1) is 19.0. The van der Waals surface area contributed by atoms with E-state index >= 15 is 0 Å². The molecule has 0 aliphatic heterocycles.